The molecule has 0 aliphatic rings. The van der Waals surface area contributed by atoms with E-state index in [0.717, 1.165) is 19.4 Å². The number of nitrogens with zero attached hydrogens (tertiary/aromatic N) is 1. The average molecular weight is 226 g/mol. The highest BCUT2D eigenvalue weighted by molar-refractivity contribution is 5.75. The molecule has 0 spiro atoms. The summed E-state index contributed by atoms with van der Waals surface area (Å²) in [6, 6.07) is 0.526. The van der Waals surface area contributed by atoms with Crippen molar-refractivity contribution in [3.63, 3.8) is 0 Å². The Morgan fingerprint density at radius 3 is 2.62 bits per heavy atom. The molecule has 94 valence electrons. The van der Waals surface area contributed by atoms with E-state index in [1.807, 2.05) is 6.08 Å². The number of hydrogen-bond donors (Lipinski definition) is 1. The Balaban J connectivity index is 3.74. The van der Waals surface area contributed by atoms with Crippen molar-refractivity contribution in [1.82, 2.24) is 10.2 Å². The molecule has 0 saturated heterocycles. The highest BCUT2D eigenvalue weighted by Gasteiger charge is 2.08. The van der Waals surface area contributed by atoms with Gasteiger partial charge in [0.2, 0.25) is 5.91 Å². The second-order valence-electron chi connectivity index (χ2n) is 4.34. The third kappa shape index (κ3) is 7.46. The summed E-state index contributed by atoms with van der Waals surface area (Å²) in [6.45, 7) is 6.70. The lowest BCUT2D eigenvalue weighted by Gasteiger charge is -2.18. The Labute approximate surface area is 99.9 Å². The van der Waals surface area contributed by atoms with Gasteiger partial charge in [-0.1, -0.05) is 19.4 Å². The molecule has 1 atom stereocenters. The number of amides is 1. The summed E-state index contributed by atoms with van der Waals surface area (Å²) < 4.78 is 0. The number of nitrogens with one attached hydrogen (secondary N) is 1. The minimum atomic E-state index is 0.187. The zero-order valence-electron chi connectivity index (χ0n) is 11.0. The summed E-state index contributed by atoms with van der Waals surface area (Å²) in [4.78, 5) is 13.0. The molecule has 0 saturated carbocycles. The predicted octanol–water partition coefficient (Wildman–Crippen LogP) is 2.19. The fourth-order valence-corrected chi connectivity index (χ4v) is 1.62. The van der Waals surface area contributed by atoms with Gasteiger partial charge in [0.05, 0.1) is 0 Å². The van der Waals surface area contributed by atoms with Crippen LogP contribution in [0, 0.1) is 0 Å². The van der Waals surface area contributed by atoms with Crippen molar-refractivity contribution in [2.24, 2.45) is 0 Å². The molecule has 0 aromatic carbocycles. The van der Waals surface area contributed by atoms with Crippen LogP contribution in [0.25, 0.3) is 0 Å². The first kappa shape index (κ1) is 15.2. The average Bonchev–Trinajstić information content (AvgIpc) is 2.25. The standard InChI is InChI=1S/C13H26N2O/c1-5-7-9-12(8-6-2)14-11-10-13(16)15(3)4/h5,12,14H,1,6-11H2,2-4H3. The van der Waals surface area contributed by atoms with Gasteiger partial charge in [-0.25, -0.2) is 0 Å². The molecule has 0 bridgehead atoms. The Morgan fingerprint density at radius 1 is 1.44 bits per heavy atom. The van der Waals surface area contributed by atoms with Crippen LogP contribution < -0.4 is 5.32 Å². The van der Waals surface area contributed by atoms with Gasteiger partial charge in [-0.05, 0) is 19.3 Å². The molecule has 16 heavy (non-hydrogen) atoms. The SMILES string of the molecule is C=CCCC(CCC)NCCC(=O)N(C)C. The summed E-state index contributed by atoms with van der Waals surface area (Å²) in [7, 11) is 3.59. The summed E-state index contributed by atoms with van der Waals surface area (Å²) in [5.74, 6) is 0.187. The highest BCUT2D eigenvalue weighted by Crippen LogP contribution is 2.05. The largest absolute Gasteiger partial charge is 0.349 e. The first-order valence-electron chi connectivity index (χ1n) is 6.16. The summed E-state index contributed by atoms with van der Waals surface area (Å²) >= 11 is 0. The van der Waals surface area contributed by atoms with E-state index in [1.165, 1.54) is 12.8 Å². The van der Waals surface area contributed by atoms with Crippen molar-refractivity contribution in [3.8, 4) is 0 Å². The second kappa shape index (κ2) is 9.40. The molecule has 0 fully saturated rings. The minimum absolute atomic E-state index is 0.187. The molecule has 0 aromatic rings. The van der Waals surface area contributed by atoms with Gasteiger partial charge < -0.3 is 10.2 Å². The number of carbonyl (C=O) groups excluding carboxylic acids is 1. The molecule has 0 aromatic heterocycles. The normalized spacial score (nSPS) is 12.2. The molecule has 0 rings (SSSR count). The Morgan fingerprint density at radius 2 is 2.12 bits per heavy atom. The van der Waals surface area contributed by atoms with Crippen molar-refractivity contribution in [2.45, 2.75) is 45.1 Å². The second-order valence-corrected chi connectivity index (χ2v) is 4.34. The van der Waals surface area contributed by atoms with Crippen molar-refractivity contribution in [3.05, 3.63) is 12.7 Å². The number of carbonyl (C=O) groups is 1. The van der Waals surface area contributed by atoms with Crippen LogP contribution in [0.2, 0.25) is 0 Å². The van der Waals surface area contributed by atoms with Crippen molar-refractivity contribution >= 4 is 5.91 Å². The number of rotatable bonds is 9. The highest BCUT2D eigenvalue weighted by atomic mass is 16.2. The maximum absolute atomic E-state index is 11.4. The van der Waals surface area contributed by atoms with Gasteiger partial charge in [-0.3, -0.25) is 4.79 Å². The molecular formula is C13H26N2O. The molecule has 0 aliphatic carbocycles. The molecule has 3 heteroatoms. The number of allylic oxidation sites excluding steroid dienone is 1. The third-order valence-electron chi connectivity index (χ3n) is 2.63. The first-order valence-corrected chi connectivity index (χ1v) is 6.16. The van der Waals surface area contributed by atoms with E-state index in [2.05, 4.69) is 18.8 Å². The lowest BCUT2D eigenvalue weighted by molar-refractivity contribution is -0.128. The van der Waals surface area contributed by atoms with Gasteiger partial charge in [0, 0.05) is 33.1 Å². The van der Waals surface area contributed by atoms with Crippen LogP contribution in [0.15, 0.2) is 12.7 Å². The summed E-state index contributed by atoms with van der Waals surface area (Å²) in [6.07, 6.45) is 7.05. The van der Waals surface area contributed by atoms with Crippen molar-refractivity contribution in [2.75, 3.05) is 20.6 Å². The van der Waals surface area contributed by atoms with Crippen molar-refractivity contribution < 1.29 is 4.79 Å². The molecule has 0 heterocycles. The molecule has 1 unspecified atom stereocenters. The molecule has 3 nitrogen and oxygen atoms in total. The van der Waals surface area contributed by atoms with Gasteiger partial charge in [0.25, 0.3) is 0 Å². The van der Waals surface area contributed by atoms with Crippen LogP contribution in [-0.4, -0.2) is 37.5 Å². The van der Waals surface area contributed by atoms with Gasteiger partial charge in [-0.2, -0.15) is 0 Å². The lowest BCUT2D eigenvalue weighted by Crippen LogP contribution is -2.33. The Bertz CT molecular complexity index is 202. The zero-order valence-corrected chi connectivity index (χ0v) is 11.0. The van der Waals surface area contributed by atoms with E-state index < -0.39 is 0 Å². The molecular weight excluding hydrogens is 200 g/mol. The van der Waals surface area contributed by atoms with Gasteiger partial charge in [0.15, 0.2) is 0 Å². The Kier molecular flexibility index (Phi) is 8.91. The van der Waals surface area contributed by atoms with E-state index in [0.29, 0.717) is 12.5 Å². The van der Waals surface area contributed by atoms with Gasteiger partial charge >= 0.3 is 0 Å². The lowest BCUT2D eigenvalue weighted by atomic mass is 10.1. The zero-order chi connectivity index (χ0) is 12.4. The topological polar surface area (TPSA) is 32.3 Å². The smallest absolute Gasteiger partial charge is 0.223 e. The summed E-state index contributed by atoms with van der Waals surface area (Å²) in [5.41, 5.74) is 0. The van der Waals surface area contributed by atoms with Crippen LogP contribution in [0.3, 0.4) is 0 Å². The summed E-state index contributed by atoms with van der Waals surface area (Å²) in [5, 5.41) is 3.45. The van der Waals surface area contributed by atoms with Crippen LogP contribution in [-0.2, 0) is 4.79 Å². The van der Waals surface area contributed by atoms with Crippen LogP contribution in [0.4, 0.5) is 0 Å². The monoisotopic (exact) mass is 226 g/mol. The van der Waals surface area contributed by atoms with Crippen LogP contribution in [0.5, 0.6) is 0 Å². The fourth-order valence-electron chi connectivity index (χ4n) is 1.62. The molecule has 0 radical (unpaired) electrons. The maximum atomic E-state index is 11.4. The third-order valence-corrected chi connectivity index (χ3v) is 2.63. The van der Waals surface area contributed by atoms with Gasteiger partial charge in [0.1, 0.15) is 0 Å². The van der Waals surface area contributed by atoms with Crippen LogP contribution >= 0.6 is 0 Å². The van der Waals surface area contributed by atoms with E-state index in [-0.39, 0.29) is 5.91 Å². The molecule has 0 aliphatic heterocycles. The minimum Gasteiger partial charge on any atom is -0.349 e. The Hall–Kier alpha value is -0.830. The van der Waals surface area contributed by atoms with Gasteiger partial charge in [-0.15, -0.1) is 6.58 Å². The number of hydrogen-bond acceptors (Lipinski definition) is 2. The molecule has 1 N–H and O–H groups in total. The van der Waals surface area contributed by atoms with Crippen LogP contribution in [0.1, 0.15) is 39.0 Å². The van der Waals surface area contributed by atoms with E-state index >= 15 is 0 Å². The quantitative estimate of drug-likeness (QED) is 0.611. The fraction of sp³-hybridized carbons (Fsp3) is 0.769. The van der Waals surface area contributed by atoms with Crippen molar-refractivity contribution in [1.29, 1.82) is 0 Å². The molecule has 1 amide bonds. The van der Waals surface area contributed by atoms with E-state index in [9.17, 15) is 4.79 Å². The first-order chi connectivity index (χ1) is 7.61. The van der Waals surface area contributed by atoms with E-state index in [4.69, 9.17) is 0 Å². The predicted molar refractivity (Wildman–Crippen MR) is 69.4 cm³/mol. The van der Waals surface area contributed by atoms with E-state index in [1.54, 1.807) is 19.0 Å². The maximum Gasteiger partial charge on any atom is 0.223 e.